The molecule has 8 heterocycles. The van der Waals surface area contributed by atoms with E-state index in [1.54, 1.807) is 4.90 Å². The largest absolute Gasteiger partial charge is 0.492 e. The first-order valence-corrected chi connectivity index (χ1v) is 54.8. The van der Waals surface area contributed by atoms with Gasteiger partial charge in [-0.3, -0.25) is 14.4 Å². The third kappa shape index (κ3) is 39.0. The van der Waals surface area contributed by atoms with Crippen molar-refractivity contribution in [3.05, 3.63) is 190 Å². The highest BCUT2D eigenvalue weighted by atomic mass is 79.9. The van der Waals surface area contributed by atoms with Gasteiger partial charge >= 0.3 is 7.12 Å². The highest BCUT2D eigenvalue weighted by molar-refractivity contribution is 9.10. The van der Waals surface area contributed by atoms with E-state index >= 15 is 0 Å². The summed E-state index contributed by atoms with van der Waals surface area (Å²) in [6.45, 7) is 27.3. The molecule has 0 bridgehead atoms. The highest BCUT2D eigenvalue weighted by Gasteiger charge is 2.51. The van der Waals surface area contributed by atoms with Crippen LogP contribution in [0.25, 0.3) is 24.3 Å². The molecule has 2 amide bonds. The number of carbonyl (C=O) groups is 3. The number of rotatable bonds is 27. The Kier molecular flexibility index (Phi) is 48.4. The van der Waals surface area contributed by atoms with Crippen LogP contribution in [0.3, 0.4) is 0 Å². The van der Waals surface area contributed by atoms with Crippen molar-refractivity contribution in [2.24, 2.45) is 29.6 Å². The van der Waals surface area contributed by atoms with E-state index in [4.69, 9.17) is 75.0 Å². The molecule has 5 aliphatic carbocycles. The van der Waals surface area contributed by atoms with Gasteiger partial charge in [0.2, 0.25) is 46.7 Å². The third-order valence-corrected chi connectivity index (χ3v) is 30.2. The van der Waals surface area contributed by atoms with Crippen molar-refractivity contribution in [3.8, 4) is 28.7 Å². The molecule has 5 aromatic rings. The van der Waals surface area contributed by atoms with Gasteiger partial charge in [-0.15, -0.1) is 12.4 Å². The first-order valence-electron chi connectivity index (χ1n) is 52.5. The maximum absolute atomic E-state index is 13.5. The predicted molar refractivity (Wildman–Crippen MR) is 583 cm³/mol. The van der Waals surface area contributed by atoms with Crippen molar-refractivity contribution in [1.82, 2.24) is 0 Å². The normalized spacial score (nSPS) is 21.5. The van der Waals surface area contributed by atoms with Gasteiger partial charge in [-0.2, -0.15) is 0 Å². The van der Waals surface area contributed by atoms with Gasteiger partial charge in [0.25, 0.3) is 0 Å². The zero-order valence-corrected chi connectivity index (χ0v) is 91.3. The van der Waals surface area contributed by atoms with Gasteiger partial charge in [0, 0.05) is 213 Å². The Bertz CT molecular complexity index is 5290. The van der Waals surface area contributed by atoms with Crippen LogP contribution in [-0.4, -0.2) is 174 Å². The Morgan fingerprint density at radius 2 is 0.779 bits per heavy atom. The Hall–Kier alpha value is -8.35. The number of aliphatic hydroxyl groups is 1. The molecule has 0 aromatic heterocycles. The van der Waals surface area contributed by atoms with Gasteiger partial charge in [-0.1, -0.05) is 103 Å². The molecule has 6 N–H and O–H groups in total. The minimum Gasteiger partial charge on any atom is -0.492 e. The fourth-order valence-corrected chi connectivity index (χ4v) is 20.0. The Balaban J connectivity index is 0.000000183. The lowest BCUT2D eigenvalue weighted by atomic mass is 9.82. The number of halogens is 14. The molecule has 18 rings (SSSR count). The van der Waals surface area contributed by atoms with Crippen LogP contribution in [0.2, 0.25) is 0 Å². The van der Waals surface area contributed by atoms with Crippen LogP contribution in [0.5, 0.6) is 28.7 Å². The number of allylic oxidation sites excluding steroid dienone is 6. The number of anilines is 5. The smallest absolute Gasteiger partial charge is 0.486 e. The van der Waals surface area contributed by atoms with Crippen molar-refractivity contribution in [3.63, 3.8) is 0 Å². The standard InChI is InChI=1S/C26H33F2NO4.C23H31F2NO3.C21H25F2NO3.C16H19F2NO.C14H23BF2O2.C8H8BrNO.C3H7Br.C3H3ClO.ClH/c1-2-23(30)29(13-16-32-24-5-3-4-14-31-24)22-17-20(25-21(18-22)10-15-33-25)7-6-19-8-11-26(27,28)12-9-19;24-23(25)9-6-17(7-10-23)4-5-18-15-20(16-19-8-13-29-22(18)19)26-11-14-28-21-3-1-2-12-27-21;1-2-19(26)24(10-11-25)18-13-16(20-17(14-18)7-12-27-20)4-3-15-5-8-21(22,23)9-6-15;17-16(18)6-3-11(4-7-16)1-2-12-9-14(19)10-13-5-8-20-15(12)13;1-12(2)13(3,4)19-15(18-12)10-7-11-5-8-14(16,17)9-6-11;9-7-4-6(10)3-5-1-2-11-8(5)7;1-2-3-4;1-2-3(4)5;/h2,6-7,17-19,24H,1,3-5,8-16H2;4-5,15-17,21,26H,1-3,6-14H2;2-4,13-15,25H,1,5-12H2;1-2,9-11H,3-8,19H2;7,10-11H,5-6,8-9H2,1-4H3;3-4H,1-2,10H2;2-3H2,1H3;2H,1H2;1H/b7-6+;5-4+;4-3+;2-1+;10-7+;;;;. The third-order valence-electron chi connectivity index (χ3n) is 28.6. The monoisotopic (exact) mass is 2260 g/mol. The van der Waals surface area contributed by atoms with Crippen LogP contribution in [-0.2, 0) is 74.7 Å². The number of amides is 2. The highest BCUT2D eigenvalue weighted by Crippen LogP contribution is 2.47. The summed E-state index contributed by atoms with van der Waals surface area (Å²) in [5.74, 6) is -5.80. The van der Waals surface area contributed by atoms with Crippen molar-refractivity contribution in [2.45, 2.75) is 293 Å². The molecule has 822 valence electrons. The number of aliphatic hydroxyl groups excluding tert-OH is 1. The zero-order chi connectivity index (χ0) is 107. The number of fused-ring (bicyclic) bond motifs is 5. The molecule has 2 unspecified atom stereocenters. The second kappa shape index (κ2) is 58.8. The van der Waals surface area contributed by atoms with E-state index in [2.05, 4.69) is 88.1 Å². The molecular weight excluding hydrogens is 2110 g/mol. The van der Waals surface area contributed by atoms with E-state index in [0.717, 1.165) is 190 Å². The molecule has 0 radical (unpaired) electrons. The number of nitrogens with zero attached hydrogens (tertiary/aromatic N) is 2. The van der Waals surface area contributed by atoms with E-state index in [9.17, 15) is 63.4 Å². The maximum Gasteiger partial charge on any atom is 0.486 e. The van der Waals surface area contributed by atoms with E-state index in [1.807, 2.05) is 125 Å². The second-order valence-electron chi connectivity index (χ2n) is 40.7. The number of nitrogen functional groups attached to an aromatic ring is 2. The summed E-state index contributed by atoms with van der Waals surface area (Å²) >= 11 is 11.3. The Morgan fingerprint density at radius 3 is 1.13 bits per heavy atom. The summed E-state index contributed by atoms with van der Waals surface area (Å²) in [4.78, 5) is 37.4. The van der Waals surface area contributed by atoms with Gasteiger partial charge in [0.05, 0.1) is 68.5 Å². The molecule has 13 aliphatic rings. The van der Waals surface area contributed by atoms with Crippen LogP contribution >= 0.6 is 55.9 Å². The van der Waals surface area contributed by atoms with Crippen LogP contribution in [0.15, 0.2) is 139 Å². The molecule has 5 aromatic carbocycles. The van der Waals surface area contributed by atoms with Gasteiger partial charge in [-0.25, -0.2) is 43.9 Å². The molecule has 2 atom stereocenters. The van der Waals surface area contributed by atoms with Gasteiger partial charge < -0.3 is 83.6 Å². The number of hydrogen-bond acceptors (Lipinski definition) is 18. The van der Waals surface area contributed by atoms with E-state index in [1.165, 1.54) is 34.6 Å². The maximum atomic E-state index is 13.5. The van der Waals surface area contributed by atoms with Crippen LogP contribution in [0, 0.1) is 29.6 Å². The second-order valence-corrected chi connectivity index (χ2v) is 42.7. The SMILES string of the molecule is C=CC(=O)Cl.C=CC(=O)N(CCO)c1cc(/C=C/C2CCC(F)(F)CC2)c2c(c1)CCO2.C=CC(=O)N(CCOC1CCCCO1)c1cc(/C=C/C2CCC(F)(F)CC2)c2c(c1)CCO2.CC1(C)OB(/C=C/C2CCC(F)(F)CC2)OC1(C)C.CCCBr.Cl.FC1(F)CCC(/C=C/c2cc(NCCOC3CCCCO3)cc3c2OCC3)CC1.Nc1cc(/C=C/C2CCC(F)(F)CC2)c2c(c1)CCO2.Nc1cc(Br)c2c(c1)CCO2. The molecule has 0 spiro atoms. The van der Waals surface area contributed by atoms with Crippen molar-refractivity contribution >= 4 is 133 Å². The minimum absolute atomic E-state index is 0. The number of carbonyl (C=O) groups excluding carboxylic acids is 3. The molecule has 20 nitrogen and oxygen atoms in total. The number of nitrogens with two attached hydrogens (primary N) is 2. The van der Waals surface area contributed by atoms with Crippen LogP contribution in [0.1, 0.15) is 258 Å². The van der Waals surface area contributed by atoms with E-state index < -0.39 is 34.9 Å². The number of benzene rings is 5. The molecule has 149 heavy (non-hydrogen) atoms. The summed E-state index contributed by atoms with van der Waals surface area (Å²) in [6, 6.07) is 19.5. The summed E-state index contributed by atoms with van der Waals surface area (Å²) in [5, 5.41) is 13.3. The lowest BCUT2D eigenvalue weighted by molar-refractivity contribution is -0.160. The van der Waals surface area contributed by atoms with Gasteiger partial charge in [0.15, 0.2) is 12.6 Å². The lowest BCUT2D eigenvalue weighted by Crippen LogP contribution is -2.41. The van der Waals surface area contributed by atoms with Gasteiger partial charge in [0.1, 0.15) is 28.7 Å². The predicted octanol–water partition coefficient (Wildman–Crippen LogP) is 28.1. The summed E-state index contributed by atoms with van der Waals surface area (Å²) in [6.07, 6.45) is 37.9. The number of hydrogen-bond donors (Lipinski definition) is 4. The molecule has 8 fully saturated rings. The first kappa shape index (κ1) is 122. The Labute approximate surface area is 901 Å². The fourth-order valence-electron chi connectivity index (χ4n) is 19.4. The van der Waals surface area contributed by atoms with E-state index in [-0.39, 0.29) is 162 Å². The fraction of sp³-hybridized carbons (Fsp3) is 0.570. The summed E-state index contributed by atoms with van der Waals surface area (Å²) in [5.41, 5.74) is 24.1. The number of alkyl halides is 11. The minimum atomic E-state index is -2.54. The molecule has 35 heteroatoms. The summed E-state index contributed by atoms with van der Waals surface area (Å²) < 4.78 is 197. The molecule has 3 saturated heterocycles. The van der Waals surface area contributed by atoms with Crippen molar-refractivity contribution in [1.29, 1.82) is 0 Å². The zero-order valence-electron chi connectivity index (χ0n) is 86.6. The summed E-state index contributed by atoms with van der Waals surface area (Å²) in [7, 11) is -0.368. The lowest BCUT2D eigenvalue weighted by Gasteiger charge is -2.32. The van der Waals surface area contributed by atoms with Crippen LogP contribution < -0.4 is 50.3 Å². The average molecular weight is 2260 g/mol. The quantitative estimate of drug-likeness (QED) is 0.00726. The number of ether oxygens (including phenoxy) is 9. The first-order chi connectivity index (χ1) is 70.6. The number of nitrogens with one attached hydrogen (secondary N) is 1. The topological polar surface area (TPSA) is 244 Å². The average Bonchev–Trinajstić information content (AvgIpc) is 1.62. The van der Waals surface area contributed by atoms with Gasteiger partial charge in [-0.05, 0) is 273 Å². The molecule has 8 aliphatic heterocycles. The van der Waals surface area contributed by atoms with Crippen molar-refractivity contribution < 1.29 is 115 Å². The van der Waals surface area contributed by atoms with Crippen LogP contribution in [0.4, 0.5) is 72.3 Å². The molecule has 5 saturated carbocycles. The molecular formula is C114H150BBr2Cl2F10N5O15. The van der Waals surface area contributed by atoms with E-state index in [0.29, 0.717) is 129 Å². The van der Waals surface area contributed by atoms with Crippen molar-refractivity contribution in [2.75, 3.05) is 118 Å². The Morgan fingerprint density at radius 1 is 0.456 bits per heavy atom.